The summed E-state index contributed by atoms with van der Waals surface area (Å²) < 4.78 is 35.1. The van der Waals surface area contributed by atoms with Crippen molar-refractivity contribution in [3.63, 3.8) is 0 Å². The number of halogens is 2. The van der Waals surface area contributed by atoms with E-state index in [1.165, 1.54) is 19.2 Å². The fourth-order valence-corrected chi connectivity index (χ4v) is 3.11. The number of oxazole rings is 1. The van der Waals surface area contributed by atoms with E-state index in [9.17, 15) is 13.6 Å². The Labute approximate surface area is 170 Å². The van der Waals surface area contributed by atoms with Crippen molar-refractivity contribution in [1.29, 1.82) is 0 Å². The van der Waals surface area contributed by atoms with E-state index in [2.05, 4.69) is 15.3 Å². The van der Waals surface area contributed by atoms with Crippen molar-refractivity contribution in [1.82, 2.24) is 14.5 Å². The summed E-state index contributed by atoms with van der Waals surface area (Å²) in [6, 6.07) is 11.9. The molecule has 2 aromatic carbocycles. The zero-order chi connectivity index (χ0) is 21.4. The molecule has 0 amide bonds. The van der Waals surface area contributed by atoms with E-state index in [0.717, 1.165) is 16.3 Å². The van der Waals surface area contributed by atoms with Crippen molar-refractivity contribution in [2.75, 3.05) is 12.4 Å². The van der Waals surface area contributed by atoms with E-state index in [0.29, 0.717) is 16.7 Å². The summed E-state index contributed by atoms with van der Waals surface area (Å²) in [6.45, 7) is 3.54. The third kappa shape index (κ3) is 3.47. The molecule has 0 saturated carbocycles. The lowest BCUT2D eigenvalue weighted by Crippen LogP contribution is -2.23. The maximum Gasteiger partial charge on any atom is 0.355 e. The molecule has 1 N–H and O–H groups in total. The summed E-state index contributed by atoms with van der Waals surface area (Å²) in [5.74, 6) is -0.749. The summed E-state index contributed by atoms with van der Waals surface area (Å²) >= 11 is 0. The number of benzene rings is 2. The van der Waals surface area contributed by atoms with Crippen LogP contribution in [0.5, 0.6) is 0 Å². The van der Waals surface area contributed by atoms with Gasteiger partial charge in [0.05, 0.1) is 6.20 Å². The van der Waals surface area contributed by atoms with Gasteiger partial charge in [-0.1, -0.05) is 17.7 Å². The van der Waals surface area contributed by atoms with Crippen molar-refractivity contribution >= 4 is 5.82 Å². The largest absolute Gasteiger partial charge is 0.434 e. The second-order valence-electron chi connectivity index (χ2n) is 6.85. The Kier molecular flexibility index (Phi) is 4.91. The second kappa shape index (κ2) is 7.55. The second-order valence-corrected chi connectivity index (χ2v) is 6.85. The quantitative estimate of drug-likeness (QED) is 0.539. The highest BCUT2D eigenvalue weighted by atomic mass is 19.1. The molecule has 0 aliphatic heterocycles. The molecule has 0 aliphatic carbocycles. The molecule has 6 nitrogen and oxygen atoms in total. The molecule has 8 heteroatoms. The average molecular weight is 408 g/mol. The number of hydrogen-bond donors (Lipinski definition) is 1. The van der Waals surface area contributed by atoms with Crippen LogP contribution in [-0.2, 0) is 0 Å². The highest BCUT2D eigenvalue weighted by molar-refractivity contribution is 5.69. The Morgan fingerprint density at radius 2 is 1.80 bits per heavy atom. The van der Waals surface area contributed by atoms with Gasteiger partial charge in [-0.15, -0.1) is 0 Å². The van der Waals surface area contributed by atoms with E-state index in [1.54, 1.807) is 13.0 Å². The molecule has 0 aliphatic rings. The van der Waals surface area contributed by atoms with Crippen LogP contribution in [0.1, 0.15) is 11.1 Å². The third-order valence-electron chi connectivity index (χ3n) is 4.64. The zero-order valence-corrected chi connectivity index (χ0v) is 16.5. The molecular formula is C22H18F2N4O2. The number of anilines is 1. The van der Waals surface area contributed by atoms with Crippen LogP contribution in [0.25, 0.3) is 28.6 Å². The van der Waals surface area contributed by atoms with Crippen LogP contribution in [0.2, 0.25) is 0 Å². The molecule has 30 heavy (non-hydrogen) atoms. The van der Waals surface area contributed by atoms with Crippen molar-refractivity contribution in [3.05, 3.63) is 81.9 Å². The maximum atomic E-state index is 14.4. The molecule has 152 valence electrons. The predicted octanol–water partition coefficient (Wildman–Crippen LogP) is 4.49. The first-order valence-corrected chi connectivity index (χ1v) is 9.19. The van der Waals surface area contributed by atoms with Gasteiger partial charge in [0.2, 0.25) is 5.89 Å². The normalized spacial score (nSPS) is 11.0. The molecule has 0 spiro atoms. The topological polar surface area (TPSA) is 73.0 Å². The zero-order valence-electron chi connectivity index (χ0n) is 16.5. The standard InChI is InChI=1S/C22H18F2N4O2/c1-12-5-4-6-15(9-12)21-27-20(28-11-17(24)19(25-3)26-22(28)29)18(30-21)14-7-8-16(23)13(2)10-14/h4-11H,1-3H3,(H,25,26,29). The minimum Gasteiger partial charge on any atom is -0.434 e. The highest BCUT2D eigenvalue weighted by Crippen LogP contribution is 2.33. The smallest absolute Gasteiger partial charge is 0.355 e. The maximum absolute atomic E-state index is 14.4. The number of aryl methyl sites for hydroxylation is 2. The Bertz CT molecular complexity index is 1310. The summed E-state index contributed by atoms with van der Waals surface area (Å²) in [5, 5.41) is 2.53. The Morgan fingerprint density at radius 3 is 2.50 bits per heavy atom. The fourth-order valence-electron chi connectivity index (χ4n) is 3.11. The Hall–Kier alpha value is -3.81. The number of aromatic nitrogens is 3. The van der Waals surface area contributed by atoms with Gasteiger partial charge in [-0.3, -0.25) is 0 Å². The van der Waals surface area contributed by atoms with E-state index in [-0.39, 0.29) is 29.1 Å². The van der Waals surface area contributed by atoms with Gasteiger partial charge in [0, 0.05) is 18.2 Å². The van der Waals surface area contributed by atoms with Gasteiger partial charge in [0.25, 0.3) is 0 Å². The van der Waals surface area contributed by atoms with Crippen molar-refractivity contribution in [2.45, 2.75) is 13.8 Å². The molecular weight excluding hydrogens is 390 g/mol. The molecule has 0 bridgehead atoms. The third-order valence-corrected chi connectivity index (χ3v) is 4.64. The summed E-state index contributed by atoms with van der Waals surface area (Å²) in [6.07, 6.45) is 0.999. The Balaban J connectivity index is 1.98. The molecule has 0 atom stereocenters. The fraction of sp³-hybridized carbons (Fsp3) is 0.136. The first-order chi connectivity index (χ1) is 14.4. The molecule has 0 unspecified atom stereocenters. The van der Waals surface area contributed by atoms with Crippen LogP contribution in [0.15, 0.2) is 57.9 Å². The minimum atomic E-state index is -0.732. The number of nitrogens with one attached hydrogen (secondary N) is 1. The van der Waals surface area contributed by atoms with Crippen LogP contribution < -0.4 is 11.0 Å². The molecule has 0 radical (unpaired) electrons. The summed E-state index contributed by atoms with van der Waals surface area (Å²) in [5.41, 5.74) is 1.85. The van der Waals surface area contributed by atoms with Crippen LogP contribution in [-0.4, -0.2) is 21.6 Å². The molecule has 0 saturated heterocycles. The Morgan fingerprint density at radius 1 is 1.00 bits per heavy atom. The summed E-state index contributed by atoms with van der Waals surface area (Å²) in [4.78, 5) is 20.7. The molecule has 2 heterocycles. The van der Waals surface area contributed by atoms with E-state index < -0.39 is 11.5 Å². The van der Waals surface area contributed by atoms with Gasteiger partial charge in [0.1, 0.15) is 5.82 Å². The summed E-state index contributed by atoms with van der Waals surface area (Å²) in [7, 11) is 1.47. The van der Waals surface area contributed by atoms with Crippen molar-refractivity contribution in [3.8, 4) is 28.6 Å². The van der Waals surface area contributed by atoms with Gasteiger partial charge in [-0.05, 0) is 49.7 Å². The number of hydrogen-bond acceptors (Lipinski definition) is 5. The minimum absolute atomic E-state index is 0.0663. The van der Waals surface area contributed by atoms with Crippen LogP contribution in [0.4, 0.5) is 14.6 Å². The van der Waals surface area contributed by atoms with Gasteiger partial charge in [-0.25, -0.2) is 18.1 Å². The van der Waals surface area contributed by atoms with Crippen LogP contribution >= 0.6 is 0 Å². The first kappa shape index (κ1) is 19.5. The molecule has 4 aromatic rings. The van der Waals surface area contributed by atoms with Crippen LogP contribution in [0, 0.1) is 25.5 Å². The molecule has 4 rings (SSSR count). The number of nitrogens with zero attached hydrogens (tertiary/aromatic N) is 3. The van der Waals surface area contributed by atoms with Gasteiger partial charge < -0.3 is 9.73 Å². The van der Waals surface area contributed by atoms with Gasteiger partial charge in [-0.2, -0.15) is 9.97 Å². The number of rotatable bonds is 4. The van der Waals surface area contributed by atoms with Crippen molar-refractivity contribution in [2.24, 2.45) is 0 Å². The monoisotopic (exact) mass is 408 g/mol. The SMILES string of the molecule is CNc1nc(=O)n(-c2nc(-c3cccc(C)c3)oc2-c2ccc(F)c(C)c2)cc1F. The molecule has 0 fully saturated rings. The highest BCUT2D eigenvalue weighted by Gasteiger charge is 2.21. The lowest BCUT2D eigenvalue weighted by Gasteiger charge is -2.07. The van der Waals surface area contributed by atoms with Gasteiger partial charge in [0.15, 0.2) is 23.2 Å². The van der Waals surface area contributed by atoms with E-state index in [4.69, 9.17) is 4.42 Å². The first-order valence-electron chi connectivity index (χ1n) is 9.19. The van der Waals surface area contributed by atoms with Crippen LogP contribution in [0.3, 0.4) is 0 Å². The van der Waals surface area contributed by atoms with Crippen molar-refractivity contribution < 1.29 is 13.2 Å². The molecule has 2 aromatic heterocycles. The average Bonchev–Trinajstić information content (AvgIpc) is 3.16. The van der Waals surface area contributed by atoms with Gasteiger partial charge >= 0.3 is 5.69 Å². The van der Waals surface area contributed by atoms with E-state index in [1.807, 2.05) is 31.2 Å². The predicted molar refractivity (Wildman–Crippen MR) is 110 cm³/mol. The lowest BCUT2D eigenvalue weighted by molar-refractivity contribution is 0.585. The lowest BCUT2D eigenvalue weighted by atomic mass is 10.1. The van der Waals surface area contributed by atoms with E-state index >= 15 is 0 Å².